The number of rotatable bonds is 5. The maximum atomic E-state index is 11.6. The van der Waals surface area contributed by atoms with Crippen LogP contribution in [0, 0.1) is 0 Å². The molecule has 1 aliphatic rings. The minimum atomic E-state index is -0.0480. The SMILES string of the molecule is CCCCSCC(=O)N1CCNC(=O)C1. The fourth-order valence-electron chi connectivity index (χ4n) is 1.35. The lowest BCUT2D eigenvalue weighted by molar-refractivity contribution is -0.136. The highest BCUT2D eigenvalue weighted by atomic mass is 32.2. The third kappa shape index (κ3) is 4.55. The molecule has 0 atom stereocenters. The van der Waals surface area contributed by atoms with Crippen LogP contribution in [0.4, 0.5) is 0 Å². The van der Waals surface area contributed by atoms with E-state index in [0.717, 1.165) is 18.6 Å². The normalized spacial score (nSPS) is 16.3. The molecule has 0 aromatic rings. The second-order valence-corrected chi connectivity index (χ2v) is 4.68. The van der Waals surface area contributed by atoms with Crippen molar-refractivity contribution in [2.45, 2.75) is 19.8 Å². The van der Waals surface area contributed by atoms with E-state index < -0.39 is 0 Å². The monoisotopic (exact) mass is 230 g/mol. The number of hydrogen-bond donors (Lipinski definition) is 1. The van der Waals surface area contributed by atoms with Crippen LogP contribution in [-0.2, 0) is 9.59 Å². The lowest BCUT2D eigenvalue weighted by Crippen LogP contribution is -2.50. The second kappa shape index (κ2) is 6.71. The van der Waals surface area contributed by atoms with Gasteiger partial charge in [0, 0.05) is 13.1 Å². The lowest BCUT2D eigenvalue weighted by Gasteiger charge is -2.26. The third-order valence-corrected chi connectivity index (χ3v) is 3.29. The molecule has 0 aromatic carbocycles. The first kappa shape index (κ1) is 12.4. The van der Waals surface area contributed by atoms with Gasteiger partial charge in [-0.1, -0.05) is 13.3 Å². The fourth-order valence-corrected chi connectivity index (χ4v) is 2.34. The van der Waals surface area contributed by atoms with Gasteiger partial charge in [-0.05, 0) is 12.2 Å². The van der Waals surface area contributed by atoms with E-state index in [1.54, 1.807) is 16.7 Å². The Morgan fingerprint density at radius 3 is 3.07 bits per heavy atom. The van der Waals surface area contributed by atoms with Crippen LogP contribution in [0.2, 0.25) is 0 Å². The fraction of sp³-hybridized carbons (Fsp3) is 0.800. The highest BCUT2D eigenvalue weighted by molar-refractivity contribution is 7.99. The number of thioether (sulfide) groups is 1. The first-order chi connectivity index (χ1) is 7.24. The Kier molecular flexibility index (Phi) is 5.53. The molecule has 1 rings (SSSR count). The number of carbonyl (C=O) groups excluding carboxylic acids is 2. The molecular formula is C10H18N2O2S. The van der Waals surface area contributed by atoms with Gasteiger partial charge >= 0.3 is 0 Å². The maximum Gasteiger partial charge on any atom is 0.239 e. The molecule has 0 bridgehead atoms. The Morgan fingerprint density at radius 1 is 1.60 bits per heavy atom. The summed E-state index contributed by atoms with van der Waals surface area (Å²) in [5.41, 5.74) is 0. The Labute approximate surface area is 94.8 Å². The van der Waals surface area contributed by atoms with Crippen molar-refractivity contribution in [2.24, 2.45) is 0 Å². The van der Waals surface area contributed by atoms with Crippen LogP contribution in [0.1, 0.15) is 19.8 Å². The summed E-state index contributed by atoms with van der Waals surface area (Å²) in [4.78, 5) is 24.3. The molecule has 0 unspecified atom stereocenters. The second-order valence-electron chi connectivity index (χ2n) is 3.57. The predicted octanol–water partition coefficient (Wildman–Crippen LogP) is 0.478. The third-order valence-electron chi connectivity index (χ3n) is 2.26. The molecule has 0 aromatic heterocycles. The molecule has 0 saturated carbocycles. The van der Waals surface area contributed by atoms with Gasteiger partial charge in [0.25, 0.3) is 0 Å². The summed E-state index contributed by atoms with van der Waals surface area (Å²) < 4.78 is 0. The molecule has 1 heterocycles. The van der Waals surface area contributed by atoms with Crippen molar-refractivity contribution in [2.75, 3.05) is 31.1 Å². The zero-order valence-corrected chi connectivity index (χ0v) is 9.94. The van der Waals surface area contributed by atoms with Crippen LogP contribution in [0.3, 0.4) is 0 Å². The van der Waals surface area contributed by atoms with Gasteiger partial charge in [-0.3, -0.25) is 9.59 Å². The number of nitrogens with zero attached hydrogens (tertiary/aromatic N) is 1. The molecule has 15 heavy (non-hydrogen) atoms. The molecule has 0 spiro atoms. The van der Waals surface area contributed by atoms with E-state index in [4.69, 9.17) is 0 Å². The topological polar surface area (TPSA) is 49.4 Å². The van der Waals surface area contributed by atoms with Gasteiger partial charge in [0.05, 0.1) is 12.3 Å². The highest BCUT2D eigenvalue weighted by Crippen LogP contribution is 2.06. The van der Waals surface area contributed by atoms with Crippen molar-refractivity contribution < 1.29 is 9.59 Å². The van der Waals surface area contributed by atoms with Gasteiger partial charge in [-0.25, -0.2) is 0 Å². The molecule has 2 amide bonds. The Bertz CT molecular complexity index is 233. The van der Waals surface area contributed by atoms with Crippen LogP contribution in [0.15, 0.2) is 0 Å². The molecule has 1 N–H and O–H groups in total. The van der Waals surface area contributed by atoms with Crippen molar-refractivity contribution in [1.29, 1.82) is 0 Å². The first-order valence-corrected chi connectivity index (χ1v) is 6.51. The van der Waals surface area contributed by atoms with Crippen LogP contribution in [-0.4, -0.2) is 47.9 Å². The average Bonchev–Trinajstić information content (AvgIpc) is 2.24. The van der Waals surface area contributed by atoms with E-state index in [-0.39, 0.29) is 18.4 Å². The van der Waals surface area contributed by atoms with Crippen molar-refractivity contribution in [3.63, 3.8) is 0 Å². The maximum absolute atomic E-state index is 11.6. The van der Waals surface area contributed by atoms with Gasteiger partial charge in [0.1, 0.15) is 0 Å². The molecule has 0 radical (unpaired) electrons. The molecule has 4 nitrogen and oxygen atoms in total. The Morgan fingerprint density at radius 2 is 2.40 bits per heavy atom. The molecule has 0 aliphatic carbocycles. The molecule has 5 heteroatoms. The van der Waals surface area contributed by atoms with E-state index in [2.05, 4.69) is 12.2 Å². The van der Waals surface area contributed by atoms with Crippen molar-refractivity contribution in [3.8, 4) is 0 Å². The van der Waals surface area contributed by atoms with Crippen LogP contribution >= 0.6 is 11.8 Å². The zero-order valence-electron chi connectivity index (χ0n) is 9.12. The van der Waals surface area contributed by atoms with Gasteiger partial charge in [-0.2, -0.15) is 11.8 Å². The predicted molar refractivity (Wildman–Crippen MR) is 61.8 cm³/mol. The van der Waals surface area contributed by atoms with Crippen LogP contribution in [0.25, 0.3) is 0 Å². The Hall–Kier alpha value is -0.710. The van der Waals surface area contributed by atoms with Gasteiger partial charge in [-0.15, -0.1) is 0 Å². The summed E-state index contributed by atoms with van der Waals surface area (Å²) >= 11 is 1.66. The molecular weight excluding hydrogens is 212 g/mol. The first-order valence-electron chi connectivity index (χ1n) is 5.36. The number of nitrogens with one attached hydrogen (secondary N) is 1. The largest absolute Gasteiger partial charge is 0.353 e. The average molecular weight is 230 g/mol. The van der Waals surface area contributed by atoms with Crippen LogP contribution in [0.5, 0.6) is 0 Å². The summed E-state index contributed by atoms with van der Waals surface area (Å²) in [6, 6.07) is 0. The summed E-state index contributed by atoms with van der Waals surface area (Å²) in [6.07, 6.45) is 2.31. The minimum absolute atomic E-state index is 0.0480. The van der Waals surface area contributed by atoms with Crippen molar-refractivity contribution >= 4 is 23.6 Å². The Balaban J connectivity index is 2.18. The molecule has 1 fully saturated rings. The van der Waals surface area contributed by atoms with Crippen molar-refractivity contribution in [1.82, 2.24) is 10.2 Å². The van der Waals surface area contributed by atoms with Gasteiger partial charge in [0.15, 0.2) is 0 Å². The van der Waals surface area contributed by atoms with E-state index in [1.165, 1.54) is 0 Å². The molecule has 1 saturated heterocycles. The highest BCUT2D eigenvalue weighted by Gasteiger charge is 2.20. The number of hydrogen-bond acceptors (Lipinski definition) is 3. The zero-order chi connectivity index (χ0) is 11.1. The number of carbonyl (C=O) groups is 2. The summed E-state index contributed by atoms with van der Waals surface area (Å²) in [7, 11) is 0. The van der Waals surface area contributed by atoms with Gasteiger partial charge < -0.3 is 10.2 Å². The summed E-state index contributed by atoms with van der Waals surface area (Å²) in [5, 5.41) is 2.70. The van der Waals surface area contributed by atoms with Crippen LogP contribution < -0.4 is 5.32 Å². The number of amides is 2. The standard InChI is InChI=1S/C10H18N2O2S/c1-2-3-6-15-8-10(14)12-5-4-11-9(13)7-12/h2-8H2,1H3,(H,11,13). The number of unbranched alkanes of at least 4 members (excludes halogenated alkanes) is 1. The molecule has 86 valence electrons. The minimum Gasteiger partial charge on any atom is -0.353 e. The van der Waals surface area contributed by atoms with Gasteiger partial charge in [0.2, 0.25) is 11.8 Å². The quantitative estimate of drug-likeness (QED) is 0.699. The molecule has 1 aliphatic heterocycles. The van der Waals surface area contributed by atoms with E-state index in [9.17, 15) is 9.59 Å². The smallest absolute Gasteiger partial charge is 0.239 e. The van der Waals surface area contributed by atoms with Crippen molar-refractivity contribution in [3.05, 3.63) is 0 Å². The van der Waals surface area contributed by atoms with E-state index in [1.807, 2.05) is 0 Å². The summed E-state index contributed by atoms with van der Waals surface area (Å²) in [6.45, 7) is 3.60. The number of piperazine rings is 1. The van der Waals surface area contributed by atoms with E-state index >= 15 is 0 Å². The van der Waals surface area contributed by atoms with E-state index in [0.29, 0.717) is 18.8 Å². The lowest BCUT2D eigenvalue weighted by atomic mass is 10.3. The summed E-state index contributed by atoms with van der Waals surface area (Å²) in [5.74, 6) is 1.58.